The van der Waals surface area contributed by atoms with Crippen molar-refractivity contribution in [2.24, 2.45) is 0 Å². The molecule has 114 valence electrons. The molecular formula is C12H11F2NO5S. The maximum atomic E-state index is 13.1. The Morgan fingerprint density at radius 3 is 2.24 bits per heavy atom. The van der Waals surface area contributed by atoms with Crippen molar-refractivity contribution in [2.75, 3.05) is 10.5 Å². The van der Waals surface area contributed by atoms with E-state index in [4.69, 9.17) is 4.42 Å². The first-order valence-electron chi connectivity index (χ1n) is 5.75. The lowest BCUT2D eigenvalue weighted by molar-refractivity contribution is 0.410. The lowest BCUT2D eigenvalue weighted by atomic mass is 10.1. The van der Waals surface area contributed by atoms with E-state index < -0.39 is 44.8 Å². The van der Waals surface area contributed by atoms with E-state index in [0.29, 0.717) is 6.07 Å². The van der Waals surface area contributed by atoms with Crippen LogP contribution in [0.5, 0.6) is 11.5 Å². The van der Waals surface area contributed by atoms with Crippen molar-refractivity contribution >= 4 is 15.9 Å². The van der Waals surface area contributed by atoms with Crippen molar-refractivity contribution in [1.82, 2.24) is 0 Å². The van der Waals surface area contributed by atoms with Gasteiger partial charge < -0.3 is 14.6 Å². The Labute approximate surface area is 118 Å². The third-order valence-electron chi connectivity index (χ3n) is 2.61. The third-order valence-corrected chi connectivity index (χ3v) is 3.87. The minimum absolute atomic E-state index is 0.192. The van der Waals surface area contributed by atoms with Gasteiger partial charge in [-0.15, -0.1) is 0 Å². The predicted molar refractivity (Wildman–Crippen MR) is 70.5 cm³/mol. The summed E-state index contributed by atoms with van der Waals surface area (Å²) in [6.07, 6.45) is 0. The molecule has 0 fully saturated rings. The second kappa shape index (κ2) is 5.24. The van der Waals surface area contributed by atoms with Gasteiger partial charge in [-0.05, 0) is 19.1 Å². The quantitative estimate of drug-likeness (QED) is 0.803. The van der Waals surface area contributed by atoms with Gasteiger partial charge in [0, 0.05) is 11.6 Å². The van der Waals surface area contributed by atoms with Crippen LogP contribution in [0.3, 0.4) is 0 Å². The zero-order valence-electron chi connectivity index (χ0n) is 10.7. The fourth-order valence-electron chi connectivity index (χ4n) is 1.58. The number of sulfonamides is 1. The standard InChI is InChI=1S/C12H11F2NO5S/c1-2-21(18,19)15-12-10(17)9(16)11(20-12)6-3-7(13)5-8(14)4-6/h3-5,15-17H,2H2,1H3. The number of rotatable bonds is 4. The SMILES string of the molecule is CCS(=O)(=O)Nc1oc(-c2cc(F)cc(F)c2)c(O)c1O. The molecule has 2 aromatic rings. The summed E-state index contributed by atoms with van der Waals surface area (Å²) in [6, 6.07) is 2.34. The Kier molecular flexibility index (Phi) is 3.77. The number of aromatic hydroxyl groups is 2. The van der Waals surface area contributed by atoms with Crippen LogP contribution in [0.1, 0.15) is 6.92 Å². The lowest BCUT2D eigenvalue weighted by Gasteiger charge is -2.02. The van der Waals surface area contributed by atoms with E-state index in [1.807, 2.05) is 4.72 Å². The van der Waals surface area contributed by atoms with Gasteiger partial charge in [0.1, 0.15) is 11.6 Å². The molecule has 6 nitrogen and oxygen atoms in total. The van der Waals surface area contributed by atoms with Crippen molar-refractivity contribution in [2.45, 2.75) is 6.92 Å². The summed E-state index contributed by atoms with van der Waals surface area (Å²) >= 11 is 0. The third kappa shape index (κ3) is 3.07. The largest absolute Gasteiger partial charge is 0.502 e. The number of benzene rings is 1. The van der Waals surface area contributed by atoms with Crippen LogP contribution in [0.25, 0.3) is 11.3 Å². The minimum atomic E-state index is -3.76. The smallest absolute Gasteiger partial charge is 0.253 e. The van der Waals surface area contributed by atoms with Crippen LogP contribution in [-0.4, -0.2) is 24.4 Å². The molecule has 0 bridgehead atoms. The molecule has 21 heavy (non-hydrogen) atoms. The Balaban J connectivity index is 2.52. The van der Waals surface area contributed by atoms with E-state index in [0.717, 1.165) is 12.1 Å². The molecule has 0 saturated heterocycles. The lowest BCUT2D eigenvalue weighted by Crippen LogP contribution is -2.14. The summed E-state index contributed by atoms with van der Waals surface area (Å²) in [6.45, 7) is 1.35. The van der Waals surface area contributed by atoms with E-state index in [1.54, 1.807) is 0 Å². The Bertz CT molecular complexity index is 765. The van der Waals surface area contributed by atoms with Crippen LogP contribution in [0, 0.1) is 11.6 Å². The molecule has 2 rings (SSSR count). The molecule has 0 atom stereocenters. The van der Waals surface area contributed by atoms with Gasteiger partial charge in [0.05, 0.1) is 5.75 Å². The highest BCUT2D eigenvalue weighted by Gasteiger charge is 2.24. The fourth-order valence-corrected chi connectivity index (χ4v) is 2.14. The number of hydrogen-bond donors (Lipinski definition) is 3. The molecule has 0 amide bonds. The van der Waals surface area contributed by atoms with Crippen LogP contribution in [0.4, 0.5) is 14.7 Å². The van der Waals surface area contributed by atoms with E-state index in [1.165, 1.54) is 6.92 Å². The number of furan rings is 1. The van der Waals surface area contributed by atoms with Crippen LogP contribution in [0.15, 0.2) is 22.6 Å². The first-order chi connectivity index (χ1) is 9.73. The van der Waals surface area contributed by atoms with Crippen molar-refractivity contribution < 1.29 is 31.8 Å². The Morgan fingerprint density at radius 1 is 1.14 bits per heavy atom. The molecule has 1 aromatic carbocycles. The molecule has 0 unspecified atom stereocenters. The second-order valence-corrected chi connectivity index (χ2v) is 6.13. The number of nitrogens with one attached hydrogen (secondary N) is 1. The maximum Gasteiger partial charge on any atom is 0.253 e. The van der Waals surface area contributed by atoms with Gasteiger partial charge in [-0.1, -0.05) is 0 Å². The monoisotopic (exact) mass is 319 g/mol. The molecule has 0 aliphatic heterocycles. The van der Waals surface area contributed by atoms with E-state index >= 15 is 0 Å². The van der Waals surface area contributed by atoms with Crippen LogP contribution >= 0.6 is 0 Å². The van der Waals surface area contributed by atoms with Crippen molar-refractivity contribution in [3.05, 3.63) is 29.8 Å². The van der Waals surface area contributed by atoms with Crippen LogP contribution in [0.2, 0.25) is 0 Å². The molecule has 0 aliphatic rings. The van der Waals surface area contributed by atoms with Gasteiger partial charge in [0.15, 0.2) is 5.76 Å². The molecule has 1 heterocycles. The minimum Gasteiger partial charge on any atom is -0.502 e. The topological polar surface area (TPSA) is 99.8 Å². The maximum absolute atomic E-state index is 13.1. The van der Waals surface area contributed by atoms with E-state index in [-0.39, 0.29) is 11.3 Å². The van der Waals surface area contributed by atoms with Crippen molar-refractivity contribution in [3.63, 3.8) is 0 Å². The fraction of sp³-hybridized carbons (Fsp3) is 0.167. The average Bonchev–Trinajstić information content (AvgIpc) is 2.66. The zero-order valence-corrected chi connectivity index (χ0v) is 11.5. The summed E-state index contributed by atoms with van der Waals surface area (Å²) < 4.78 is 55.9. The highest BCUT2D eigenvalue weighted by Crippen LogP contribution is 2.45. The molecular weight excluding hydrogens is 308 g/mol. The zero-order chi connectivity index (χ0) is 15.8. The van der Waals surface area contributed by atoms with Crippen molar-refractivity contribution in [3.8, 4) is 22.8 Å². The van der Waals surface area contributed by atoms with Gasteiger partial charge >= 0.3 is 0 Å². The summed E-state index contributed by atoms with van der Waals surface area (Å²) in [4.78, 5) is 0. The molecule has 0 radical (unpaired) electrons. The van der Waals surface area contributed by atoms with Gasteiger partial charge in [-0.2, -0.15) is 0 Å². The second-order valence-electron chi connectivity index (χ2n) is 4.12. The summed E-state index contributed by atoms with van der Waals surface area (Å²) in [5.41, 5.74) is -0.192. The molecule has 1 aromatic heterocycles. The highest BCUT2D eigenvalue weighted by molar-refractivity contribution is 7.92. The number of hydrogen-bond acceptors (Lipinski definition) is 5. The predicted octanol–water partition coefficient (Wildman–Crippen LogP) is 2.40. The Hall–Kier alpha value is -2.29. The summed E-state index contributed by atoms with van der Waals surface area (Å²) in [5, 5.41) is 19.3. The van der Waals surface area contributed by atoms with E-state index in [9.17, 15) is 27.4 Å². The van der Waals surface area contributed by atoms with E-state index in [2.05, 4.69) is 0 Å². The summed E-state index contributed by atoms with van der Waals surface area (Å²) in [5.74, 6) is -4.92. The first-order valence-corrected chi connectivity index (χ1v) is 7.40. The normalized spacial score (nSPS) is 11.6. The van der Waals surface area contributed by atoms with Gasteiger partial charge in [-0.3, -0.25) is 0 Å². The highest BCUT2D eigenvalue weighted by atomic mass is 32.2. The van der Waals surface area contributed by atoms with Gasteiger partial charge in [-0.25, -0.2) is 21.9 Å². The van der Waals surface area contributed by atoms with Crippen LogP contribution < -0.4 is 4.72 Å². The number of anilines is 1. The average molecular weight is 319 g/mol. The molecule has 0 spiro atoms. The summed E-state index contributed by atoms with van der Waals surface area (Å²) in [7, 11) is -3.76. The first kappa shape index (κ1) is 15.1. The van der Waals surface area contributed by atoms with Gasteiger partial charge in [0.2, 0.25) is 21.5 Å². The molecule has 9 heteroatoms. The molecule has 3 N–H and O–H groups in total. The number of halogens is 2. The molecule has 0 aliphatic carbocycles. The van der Waals surface area contributed by atoms with Crippen molar-refractivity contribution in [1.29, 1.82) is 0 Å². The molecule has 0 saturated carbocycles. The van der Waals surface area contributed by atoms with Gasteiger partial charge in [0.25, 0.3) is 5.88 Å². The Morgan fingerprint density at radius 2 is 1.71 bits per heavy atom. The van der Waals surface area contributed by atoms with Crippen LogP contribution in [-0.2, 0) is 10.0 Å².